The summed E-state index contributed by atoms with van der Waals surface area (Å²) in [6, 6.07) is 4.86. The molecule has 0 bridgehead atoms. The molecule has 0 aliphatic carbocycles. The molecule has 1 aliphatic rings. The average Bonchev–Trinajstić information content (AvgIpc) is 2.28. The lowest BCUT2D eigenvalue weighted by Gasteiger charge is -2.33. The molecule has 0 spiro atoms. The third-order valence-corrected chi connectivity index (χ3v) is 4.06. The molecule has 1 aromatic carbocycles. The minimum Gasteiger partial charge on any atom is -0.369 e. The zero-order valence-electron chi connectivity index (χ0n) is 10.1. The van der Waals surface area contributed by atoms with Crippen molar-refractivity contribution in [3.63, 3.8) is 0 Å². The fourth-order valence-corrected chi connectivity index (χ4v) is 3.18. The van der Waals surface area contributed by atoms with E-state index in [1.54, 1.807) is 6.07 Å². The van der Waals surface area contributed by atoms with Crippen molar-refractivity contribution in [3.8, 4) is 0 Å². The fourth-order valence-electron chi connectivity index (χ4n) is 2.16. The highest BCUT2D eigenvalue weighted by atomic mass is 32.2. The van der Waals surface area contributed by atoms with E-state index in [2.05, 4.69) is 11.8 Å². The second kappa shape index (κ2) is 5.08. The topological polar surface area (TPSA) is 20.3 Å². The summed E-state index contributed by atoms with van der Waals surface area (Å²) in [4.78, 5) is 13.7. The number of hydrogen-bond acceptors (Lipinski definition) is 3. The average molecular weight is 253 g/mol. The van der Waals surface area contributed by atoms with E-state index in [-0.39, 0.29) is 11.3 Å². The molecule has 2 rings (SSSR count). The molecule has 4 heteroatoms. The van der Waals surface area contributed by atoms with Gasteiger partial charge in [0.25, 0.3) is 0 Å². The van der Waals surface area contributed by atoms with Gasteiger partial charge >= 0.3 is 0 Å². The van der Waals surface area contributed by atoms with Gasteiger partial charge in [0, 0.05) is 24.1 Å². The first-order valence-corrected chi connectivity index (χ1v) is 6.80. The van der Waals surface area contributed by atoms with Gasteiger partial charge in [-0.2, -0.15) is 11.8 Å². The molecular formula is C13H16FNOS. The van der Waals surface area contributed by atoms with Gasteiger partial charge in [0.15, 0.2) is 5.78 Å². The van der Waals surface area contributed by atoms with Crippen LogP contribution in [0.5, 0.6) is 0 Å². The summed E-state index contributed by atoms with van der Waals surface area (Å²) in [6.07, 6.45) is 0. The Kier molecular flexibility index (Phi) is 3.72. The number of carbonyl (C=O) groups excluding carboxylic acids is 1. The molecule has 1 aliphatic heterocycles. The number of rotatable bonds is 2. The number of anilines is 1. The number of hydrogen-bond donors (Lipinski definition) is 0. The van der Waals surface area contributed by atoms with Crippen molar-refractivity contribution in [1.29, 1.82) is 0 Å². The van der Waals surface area contributed by atoms with E-state index in [1.807, 2.05) is 17.8 Å². The Morgan fingerprint density at radius 1 is 1.53 bits per heavy atom. The van der Waals surface area contributed by atoms with Crippen molar-refractivity contribution < 1.29 is 9.18 Å². The third-order valence-electron chi connectivity index (χ3n) is 2.93. The first-order chi connectivity index (χ1) is 8.09. The zero-order chi connectivity index (χ0) is 12.4. The van der Waals surface area contributed by atoms with Crippen LogP contribution in [0.4, 0.5) is 10.1 Å². The van der Waals surface area contributed by atoms with Crippen molar-refractivity contribution in [3.05, 3.63) is 29.6 Å². The van der Waals surface area contributed by atoms with Crippen LogP contribution in [-0.2, 0) is 0 Å². The largest absolute Gasteiger partial charge is 0.369 e. The summed E-state index contributed by atoms with van der Waals surface area (Å²) < 4.78 is 13.7. The van der Waals surface area contributed by atoms with E-state index in [0.717, 1.165) is 24.5 Å². The van der Waals surface area contributed by atoms with Gasteiger partial charge in [-0.3, -0.25) is 4.79 Å². The Morgan fingerprint density at radius 3 is 2.94 bits per heavy atom. The van der Waals surface area contributed by atoms with E-state index in [1.165, 1.54) is 13.0 Å². The molecule has 0 amide bonds. The molecule has 2 nitrogen and oxygen atoms in total. The minimum atomic E-state index is -0.416. The first kappa shape index (κ1) is 12.4. The van der Waals surface area contributed by atoms with Crippen LogP contribution >= 0.6 is 11.8 Å². The number of benzene rings is 1. The first-order valence-electron chi connectivity index (χ1n) is 5.75. The Bertz CT molecular complexity index is 435. The van der Waals surface area contributed by atoms with Crippen molar-refractivity contribution in [2.45, 2.75) is 19.1 Å². The van der Waals surface area contributed by atoms with Crippen molar-refractivity contribution >= 4 is 23.2 Å². The van der Waals surface area contributed by atoms with Crippen LogP contribution in [0.1, 0.15) is 24.2 Å². The number of thioether (sulfide) groups is 1. The maximum Gasteiger partial charge on any atom is 0.164 e. The highest BCUT2D eigenvalue weighted by Gasteiger charge is 2.22. The van der Waals surface area contributed by atoms with Gasteiger partial charge in [-0.25, -0.2) is 4.39 Å². The quantitative estimate of drug-likeness (QED) is 0.756. The highest BCUT2D eigenvalue weighted by molar-refractivity contribution is 8.00. The molecule has 0 saturated carbocycles. The fraction of sp³-hybridized carbons (Fsp3) is 0.462. The molecule has 1 aromatic rings. The monoisotopic (exact) mass is 253 g/mol. The summed E-state index contributed by atoms with van der Waals surface area (Å²) in [5.74, 6) is 0.402. The molecule has 1 unspecified atom stereocenters. The van der Waals surface area contributed by atoms with Gasteiger partial charge in [0.2, 0.25) is 0 Å². The maximum absolute atomic E-state index is 13.7. The van der Waals surface area contributed by atoms with Crippen LogP contribution < -0.4 is 4.90 Å². The molecule has 0 N–H and O–H groups in total. The summed E-state index contributed by atoms with van der Waals surface area (Å²) in [7, 11) is 0. The molecule has 17 heavy (non-hydrogen) atoms. The van der Waals surface area contributed by atoms with Crippen LogP contribution in [0.25, 0.3) is 0 Å². The Morgan fingerprint density at radius 2 is 2.29 bits per heavy atom. The maximum atomic E-state index is 13.7. The van der Waals surface area contributed by atoms with Crippen LogP contribution in [-0.4, -0.2) is 29.9 Å². The molecule has 1 atom stereocenters. The van der Waals surface area contributed by atoms with Gasteiger partial charge in [0.1, 0.15) is 5.82 Å². The van der Waals surface area contributed by atoms with Crippen LogP contribution in [0.15, 0.2) is 18.2 Å². The SMILES string of the molecule is CC(=O)c1c(F)cccc1N1CCSC(C)C1. The van der Waals surface area contributed by atoms with Gasteiger partial charge in [-0.05, 0) is 19.1 Å². The van der Waals surface area contributed by atoms with Crippen molar-refractivity contribution in [1.82, 2.24) is 0 Å². The van der Waals surface area contributed by atoms with E-state index in [4.69, 9.17) is 0 Å². The lowest BCUT2D eigenvalue weighted by Crippen LogP contribution is -2.37. The predicted molar refractivity (Wildman–Crippen MR) is 70.5 cm³/mol. The van der Waals surface area contributed by atoms with E-state index < -0.39 is 5.82 Å². The van der Waals surface area contributed by atoms with Gasteiger partial charge in [-0.1, -0.05) is 13.0 Å². The standard InChI is InChI=1S/C13H16FNOS/c1-9-8-15(6-7-17-9)12-5-3-4-11(14)13(12)10(2)16/h3-5,9H,6-8H2,1-2H3. The summed E-state index contributed by atoms with van der Waals surface area (Å²) in [5, 5.41) is 0.520. The van der Waals surface area contributed by atoms with Crippen LogP contribution in [0, 0.1) is 5.82 Å². The molecular weight excluding hydrogens is 237 g/mol. The number of carbonyl (C=O) groups is 1. The third kappa shape index (κ3) is 2.63. The Labute approximate surface area is 105 Å². The second-order valence-corrected chi connectivity index (χ2v) is 5.86. The van der Waals surface area contributed by atoms with Crippen LogP contribution in [0.2, 0.25) is 0 Å². The second-order valence-electron chi connectivity index (χ2n) is 4.32. The minimum absolute atomic E-state index is 0.205. The summed E-state index contributed by atoms with van der Waals surface area (Å²) in [6.45, 7) is 5.32. The lowest BCUT2D eigenvalue weighted by molar-refractivity contribution is 0.101. The van der Waals surface area contributed by atoms with E-state index >= 15 is 0 Å². The molecule has 0 aromatic heterocycles. The number of nitrogens with zero attached hydrogens (tertiary/aromatic N) is 1. The number of ketones is 1. The predicted octanol–water partition coefficient (Wildman–Crippen LogP) is 2.97. The number of Topliss-reactive ketones (excluding diaryl/α,β-unsaturated/α-hetero) is 1. The molecule has 1 heterocycles. The van der Waals surface area contributed by atoms with E-state index in [0.29, 0.717) is 5.25 Å². The Hall–Kier alpha value is -1.03. The van der Waals surface area contributed by atoms with Crippen molar-refractivity contribution in [2.24, 2.45) is 0 Å². The normalized spacial score (nSPS) is 20.4. The van der Waals surface area contributed by atoms with Crippen LogP contribution in [0.3, 0.4) is 0 Å². The number of halogens is 1. The summed E-state index contributed by atoms with van der Waals surface area (Å²) in [5.41, 5.74) is 0.969. The smallest absolute Gasteiger partial charge is 0.164 e. The highest BCUT2D eigenvalue weighted by Crippen LogP contribution is 2.28. The lowest BCUT2D eigenvalue weighted by atomic mass is 10.1. The molecule has 1 saturated heterocycles. The van der Waals surface area contributed by atoms with Gasteiger partial charge < -0.3 is 4.90 Å². The van der Waals surface area contributed by atoms with Gasteiger partial charge in [-0.15, -0.1) is 0 Å². The van der Waals surface area contributed by atoms with E-state index in [9.17, 15) is 9.18 Å². The zero-order valence-corrected chi connectivity index (χ0v) is 10.9. The Balaban J connectivity index is 2.37. The molecule has 92 valence electrons. The van der Waals surface area contributed by atoms with Gasteiger partial charge in [0.05, 0.1) is 11.3 Å². The molecule has 0 radical (unpaired) electrons. The molecule has 1 fully saturated rings. The summed E-state index contributed by atoms with van der Waals surface area (Å²) >= 11 is 1.91. The van der Waals surface area contributed by atoms with Crippen molar-refractivity contribution in [2.75, 3.05) is 23.7 Å².